The number of rotatable bonds is 1. The lowest BCUT2D eigenvalue weighted by molar-refractivity contribution is 0.386. The molecule has 1 aliphatic heterocycles. The maximum absolute atomic E-state index is 4.79. The summed E-state index contributed by atoms with van der Waals surface area (Å²) in [5.74, 6) is 0.572. The molecular formula is C8H13ClN2O. The van der Waals surface area contributed by atoms with Gasteiger partial charge in [0.15, 0.2) is 0 Å². The second-order valence-electron chi connectivity index (χ2n) is 2.97. The summed E-state index contributed by atoms with van der Waals surface area (Å²) in [4.78, 5) is 0. The number of nitrogens with zero attached hydrogens (tertiary/aromatic N) is 1. The SMILES string of the molecule is Cl.c1cc(C2CCCNC2)no1. The number of piperidine rings is 1. The van der Waals surface area contributed by atoms with Crippen LogP contribution >= 0.6 is 12.4 Å². The molecule has 1 aromatic rings. The van der Waals surface area contributed by atoms with Crippen molar-refractivity contribution in [1.29, 1.82) is 0 Å². The Morgan fingerprint density at radius 3 is 3.08 bits per heavy atom. The summed E-state index contributed by atoms with van der Waals surface area (Å²) in [6.07, 6.45) is 4.13. The lowest BCUT2D eigenvalue weighted by Crippen LogP contribution is -2.28. The van der Waals surface area contributed by atoms with E-state index < -0.39 is 0 Å². The summed E-state index contributed by atoms with van der Waals surface area (Å²) >= 11 is 0. The van der Waals surface area contributed by atoms with E-state index in [0.717, 1.165) is 18.8 Å². The van der Waals surface area contributed by atoms with E-state index in [1.54, 1.807) is 6.26 Å². The van der Waals surface area contributed by atoms with Gasteiger partial charge in [0.05, 0.1) is 5.69 Å². The first-order valence-electron chi connectivity index (χ1n) is 4.08. The summed E-state index contributed by atoms with van der Waals surface area (Å²) in [7, 11) is 0. The summed E-state index contributed by atoms with van der Waals surface area (Å²) < 4.78 is 4.79. The Morgan fingerprint density at radius 2 is 2.50 bits per heavy atom. The Balaban J connectivity index is 0.000000720. The number of halogens is 1. The van der Waals surface area contributed by atoms with Gasteiger partial charge >= 0.3 is 0 Å². The van der Waals surface area contributed by atoms with Crippen LogP contribution in [0.25, 0.3) is 0 Å². The fourth-order valence-corrected chi connectivity index (χ4v) is 1.54. The molecule has 3 nitrogen and oxygen atoms in total. The van der Waals surface area contributed by atoms with Gasteiger partial charge in [-0.1, -0.05) is 5.16 Å². The van der Waals surface area contributed by atoms with Crippen molar-refractivity contribution < 1.29 is 4.52 Å². The largest absolute Gasteiger partial charge is 0.365 e. The maximum atomic E-state index is 4.79. The third-order valence-electron chi connectivity index (χ3n) is 2.17. The van der Waals surface area contributed by atoms with Crippen molar-refractivity contribution in [3.8, 4) is 0 Å². The van der Waals surface area contributed by atoms with E-state index in [9.17, 15) is 0 Å². The van der Waals surface area contributed by atoms with E-state index in [2.05, 4.69) is 10.5 Å². The van der Waals surface area contributed by atoms with Crippen LogP contribution in [0.5, 0.6) is 0 Å². The van der Waals surface area contributed by atoms with E-state index in [-0.39, 0.29) is 12.4 Å². The van der Waals surface area contributed by atoms with Gasteiger partial charge in [0.25, 0.3) is 0 Å². The highest BCUT2D eigenvalue weighted by Gasteiger charge is 2.16. The van der Waals surface area contributed by atoms with Gasteiger partial charge in [-0.3, -0.25) is 0 Å². The van der Waals surface area contributed by atoms with Gasteiger partial charge in [0.1, 0.15) is 6.26 Å². The molecule has 0 aliphatic carbocycles. The minimum Gasteiger partial charge on any atom is -0.365 e. The molecule has 1 aromatic heterocycles. The van der Waals surface area contributed by atoms with Crippen LogP contribution in [0.3, 0.4) is 0 Å². The van der Waals surface area contributed by atoms with Crippen molar-refractivity contribution >= 4 is 12.4 Å². The topological polar surface area (TPSA) is 38.1 Å². The molecule has 0 amide bonds. The van der Waals surface area contributed by atoms with Gasteiger partial charge in [0.2, 0.25) is 0 Å². The zero-order chi connectivity index (χ0) is 7.52. The predicted molar refractivity (Wildman–Crippen MR) is 48.6 cm³/mol. The van der Waals surface area contributed by atoms with Crippen molar-refractivity contribution in [2.75, 3.05) is 13.1 Å². The Hall–Kier alpha value is -0.540. The van der Waals surface area contributed by atoms with E-state index in [1.807, 2.05) is 6.07 Å². The minimum absolute atomic E-state index is 0. The van der Waals surface area contributed by atoms with Crippen LogP contribution < -0.4 is 5.32 Å². The van der Waals surface area contributed by atoms with Crippen LogP contribution in [0.2, 0.25) is 0 Å². The molecule has 0 bridgehead atoms. The summed E-state index contributed by atoms with van der Waals surface area (Å²) in [5, 5.41) is 7.27. The lowest BCUT2D eigenvalue weighted by Gasteiger charge is -2.19. The number of hydrogen-bond acceptors (Lipinski definition) is 3. The average molecular weight is 189 g/mol. The Labute approximate surface area is 77.9 Å². The molecular weight excluding hydrogens is 176 g/mol. The highest BCUT2D eigenvalue weighted by molar-refractivity contribution is 5.85. The van der Waals surface area contributed by atoms with Crippen molar-refractivity contribution in [2.45, 2.75) is 18.8 Å². The van der Waals surface area contributed by atoms with E-state index in [1.165, 1.54) is 12.8 Å². The fraction of sp³-hybridized carbons (Fsp3) is 0.625. The summed E-state index contributed by atoms with van der Waals surface area (Å²) in [6.45, 7) is 2.20. The number of aromatic nitrogens is 1. The van der Waals surface area contributed by atoms with Gasteiger partial charge in [-0.15, -0.1) is 12.4 Å². The second-order valence-corrected chi connectivity index (χ2v) is 2.97. The van der Waals surface area contributed by atoms with E-state index >= 15 is 0 Å². The van der Waals surface area contributed by atoms with Crippen molar-refractivity contribution in [3.63, 3.8) is 0 Å². The average Bonchev–Trinajstić information content (AvgIpc) is 2.58. The smallest absolute Gasteiger partial charge is 0.124 e. The Bertz CT molecular complexity index is 207. The highest BCUT2D eigenvalue weighted by atomic mass is 35.5. The summed E-state index contributed by atoms with van der Waals surface area (Å²) in [5.41, 5.74) is 1.09. The third kappa shape index (κ3) is 1.99. The Morgan fingerprint density at radius 1 is 1.58 bits per heavy atom. The normalized spacial score (nSPS) is 23.2. The van der Waals surface area contributed by atoms with Crippen molar-refractivity contribution in [3.05, 3.63) is 18.0 Å². The third-order valence-corrected chi connectivity index (χ3v) is 2.17. The predicted octanol–water partition coefficient (Wildman–Crippen LogP) is 1.56. The molecule has 0 spiro atoms. The molecule has 1 unspecified atom stereocenters. The maximum Gasteiger partial charge on any atom is 0.124 e. The molecule has 0 aromatic carbocycles. The molecule has 1 N–H and O–H groups in total. The molecule has 4 heteroatoms. The molecule has 1 aliphatic rings. The quantitative estimate of drug-likeness (QED) is 0.727. The van der Waals surface area contributed by atoms with Crippen LogP contribution in [-0.4, -0.2) is 18.2 Å². The molecule has 1 atom stereocenters. The molecule has 2 rings (SSSR count). The second kappa shape index (κ2) is 4.48. The zero-order valence-corrected chi connectivity index (χ0v) is 7.64. The van der Waals surface area contributed by atoms with Crippen LogP contribution in [0, 0.1) is 0 Å². The van der Waals surface area contributed by atoms with Crippen LogP contribution in [-0.2, 0) is 0 Å². The van der Waals surface area contributed by atoms with Gasteiger partial charge in [0, 0.05) is 18.5 Å². The molecule has 12 heavy (non-hydrogen) atoms. The first kappa shape index (κ1) is 9.55. The van der Waals surface area contributed by atoms with Crippen LogP contribution in [0.15, 0.2) is 16.9 Å². The van der Waals surface area contributed by atoms with Gasteiger partial charge in [-0.05, 0) is 19.4 Å². The van der Waals surface area contributed by atoms with E-state index in [0.29, 0.717) is 5.92 Å². The monoisotopic (exact) mass is 188 g/mol. The zero-order valence-electron chi connectivity index (χ0n) is 6.82. The molecule has 1 fully saturated rings. The molecule has 2 heterocycles. The van der Waals surface area contributed by atoms with Gasteiger partial charge < -0.3 is 9.84 Å². The standard InChI is InChI=1S/C8H12N2O.ClH/c1-2-7(6-9-4-1)8-3-5-11-10-8;/h3,5,7,9H,1-2,4,6H2;1H. The fourth-order valence-electron chi connectivity index (χ4n) is 1.54. The minimum atomic E-state index is 0. The first-order valence-corrected chi connectivity index (χ1v) is 4.08. The number of hydrogen-bond donors (Lipinski definition) is 1. The van der Waals surface area contributed by atoms with Gasteiger partial charge in [-0.2, -0.15) is 0 Å². The molecule has 68 valence electrons. The lowest BCUT2D eigenvalue weighted by atomic mass is 9.97. The first-order chi connectivity index (χ1) is 5.47. The molecule has 1 saturated heterocycles. The molecule has 0 radical (unpaired) electrons. The molecule has 0 saturated carbocycles. The number of nitrogens with one attached hydrogen (secondary N) is 1. The Kier molecular flexibility index (Phi) is 3.56. The van der Waals surface area contributed by atoms with Crippen LogP contribution in [0.1, 0.15) is 24.5 Å². The van der Waals surface area contributed by atoms with Crippen molar-refractivity contribution in [1.82, 2.24) is 10.5 Å². The van der Waals surface area contributed by atoms with Crippen molar-refractivity contribution in [2.24, 2.45) is 0 Å². The van der Waals surface area contributed by atoms with Crippen LogP contribution in [0.4, 0.5) is 0 Å². The highest BCUT2D eigenvalue weighted by Crippen LogP contribution is 2.20. The van der Waals surface area contributed by atoms with Gasteiger partial charge in [-0.25, -0.2) is 0 Å². The summed E-state index contributed by atoms with van der Waals surface area (Å²) in [6, 6.07) is 1.96. The van der Waals surface area contributed by atoms with E-state index in [4.69, 9.17) is 4.52 Å².